The maximum atomic E-state index is 11.7. The average Bonchev–Trinajstić information content (AvgIpc) is 2.27. The van der Waals surface area contributed by atoms with Crippen molar-refractivity contribution in [2.24, 2.45) is 0 Å². The van der Waals surface area contributed by atoms with Crippen LogP contribution in [0.5, 0.6) is 0 Å². The molecule has 2 aliphatic heterocycles. The summed E-state index contributed by atoms with van der Waals surface area (Å²) in [6, 6.07) is 0.324. The van der Waals surface area contributed by atoms with Crippen molar-refractivity contribution in [1.82, 2.24) is 4.90 Å². The molecule has 2 saturated heterocycles. The molecule has 0 aliphatic carbocycles. The van der Waals surface area contributed by atoms with Crippen LogP contribution >= 0.6 is 0 Å². The molecule has 0 N–H and O–H groups in total. The topological polar surface area (TPSA) is 38.8 Å². The molecule has 5 heteroatoms. The number of carbonyl (C=O) groups is 1. The first kappa shape index (κ1) is 14.8. The summed E-state index contributed by atoms with van der Waals surface area (Å²) in [5.41, 5.74) is 0. The summed E-state index contributed by atoms with van der Waals surface area (Å²) in [6.07, 6.45) is 3.04. The lowest BCUT2D eigenvalue weighted by Crippen LogP contribution is -2.54. The lowest BCUT2D eigenvalue weighted by molar-refractivity contribution is -0.00217. The third kappa shape index (κ3) is 3.13. The molecule has 2 atom stereocenters. The van der Waals surface area contributed by atoms with Crippen molar-refractivity contribution in [3.63, 3.8) is 0 Å². The summed E-state index contributed by atoms with van der Waals surface area (Å²) >= 11 is 0. The number of ether oxygens (including phenoxy) is 1. The Morgan fingerprint density at radius 1 is 1.32 bits per heavy atom. The zero-order valence-corrected chi connectivity index (χ0v) is 13.9. The van der Waals surface area contributed by atoms with Crippen molar-refractivity contribution in [3.8, 4) is 0 Å². The molecule has 0 bridgehead atoms. The van der Waals surface area contributed by atoms with E-state index in [1.807, 2.05) is 4.90 Å². The van der Waals surface area contributed by atoms with Crippen LogP contribution in [0.4, 0.5) is 4.79 Å². The molecule has 0 radical (unpaired) electrons. The fraction of sp³-hybridized carbons (Fsp3) is 0.929. The first-order valence-electron chi connectivity index (χ1n) is 7.32. The molecular formula is C14H27NO3Si. The van der Waals surface area contributed by atoms with Crippen molar-refractivity contribution in [2.75, 3.05) is 13.2 Å². The Bertz CT molecular complexity index is 351. The van der Waals surface area contributed by atoms with Gasteiger partial charge in [-0.25, -0.2) is 4.79 Å². The van der Waals surface area contributed by atoms with Crippen LogP contribution in [0, 0.1) is 0 Å². The Morgan fingerprint density at radius 2 is 2.00 bits per heavy atom. The molecule has 0 saturated carbocycles. The van der Waals surface area contributed by atoms with Gasteiger partial charge in [0.1, 0.15) is 0 Å². The number of fused-ring (bicyclic) bond motifs is 1. The minimum Gasteiger partial charge on any atom is -0.449 e. The first-order chi connectivity index (χ1) is 8.71. The van der Waals surface area contributed by atoms with Crippen LogP contribution in [-0.4, -0.2) is 44.6 Å². The van der Waals surface area contributed by atoms with E-state index in [1.165, 1.54) is 0 Å². The number of piperidine rings is 1. The van der Waals surface area contributed by atoms with Gasteiger partial charge in [-0.1, -0.05) is 20.8 Å². The summed E-state index contributed by atoms with van der Waals surface area (Å²) in [5.74, 6) is 0. The van der Waals surface area contributed by atoms with Gasteiger partial charge < -0.3 is 14.1 Å². The maximum absolute atomic E-state index is 11.7. The average molecular weight is 285 g/mol. The van der Waals surface area contributed by atoms with Gasteiger partial charge >= 0.3 is 6.09 Å². The fourth-order valence-corrected chi connectivity index (χ4v) is 3.99. The van der Waals surface area contributed by atoms with E-state index in [9.17, 15) is 4.79 Å². The number of rotatable bonds is 2. The third-order valence-electron chi connectivity index (χ3n) is 4.85. The molecule has 2 aliphatic rings. The highest BCUT2D eigenvalue weighted by molar-refractivity contribution is 6.74. The number of amides is 1. The minimum atomic E-state index is -1.70. The van der Waals surface area contributed by atoms with Crippen molar-refractivity contribution in [2.45, 2.75) is 70.3 Å². The number of carbonyl (C=O) groups excluding carboxylic acids is 1. The number of nitrogens with zero attached hydrogens (tertiary/aromatic N) is 1. The smallest absolute Gasteiger partial charge is 0.410 e. The van der Waals surface area contributed by atoms with E-state index >= 15 is 0 Å². The number of cyclic esters (lactones) is 1. The lowest BCUT2D eigenvalue weighted by atomic mass is 9.97. The minimum absolute atomic E-state index is 0.137. The van der Waals surface area contributed by atoms with E-state index in [2.05, 4.69) is 33.9 Å². The summed E-state index contributed by atoms with van der Waals surface area (Å²) in [4.78, 5) is 13.5. The van der Waals surface area contributed by atoms with Gasteiger partial charge in [0.05, 0.1) is 6.61 Å². The molecule has 0 aromatic rings. The molecule has 19 heavy (non-hydrogen) atoms. The molecule has 0 spiro atoms. The summed E-state index contributed by atoms with van der Waals surface area (Å²) in [7, 11) is -1.70. The van der Waals surface area contributed by atoms with E-state index in [0.29, 0.717) is 18.8 Å². The normalized spacial score (nSPS) is 28.9. The monoisotopic (exact) mass is 285 g/mol. The summed E-state index contributed by atoms with van der Waals surface area (Å²) < 4.78 is 11.6. The zero-order chi connectivity index (χ0) is 14.3. The van der Waals surface area contributed by atoms with E-state index < -0.39 is 8.32 Å². The summed E-state index contributed by atoms with van der Waals surface area (Å²) in [5, 5.41) is 0.246. The van der Waals surface area contributed by atoms with Crippen molar-refractivity contribution < 1.29 is 14.0 Å². The second-order valence-electron chi connectivity index (χ2n) is 7.27. The molecular weight excluding hydrogens is 258 g/mol. The van der Waals surface area contributed by atoms with Gasteiger partial charge in [0, 0.05) is 25.1 Å². The predicted molar refractivity (Wildman–Crippen MR) is 77.8 cm³/mol. The molecule has 2 fully saturated rings. The highest BCUT2D eigenvalue weighted by Gasteiger charge is 2.42. The SMILES string of the molecule is CC(C)(C)[Si](C)(C)O[C@H]1CCN2C(=O)OCC[C@H]2C1. The zero-order valence-electron chi connectivity index (χ0n) is 12.9. The number of hydrogen-bond acceptors (Lipinski definition) is 3. The third-order valence-corrected chi connectivity index (χ3v) is 9.38. The van der Waals surface area contributed by atoms with Crippen LogP contribution < -0.4 is 0 Å². The molecule has 1 amide bonds. The first-order valence-corrected chi connectivity index (χ1v) is 10.2. The Labute approximate surface area is 117 Å². The maximum Gasteiger partial charge on any atom is 0.410 e. The summed E-state index contributed by atoms with van der Waals surface area (Å²) in [6.45, 7) is 12.8. The van der Waals surface area contributed by atoms with Crippen molar-refractivity contribution in [1.29, 1.82) is 0 Å². The Hall–Kier alpha value is -0.553. The molecule has 4 nitrogen and oxygen atoms in total. The molecule has 2 heterocycles. The highest BCUT2D eigenvalue weighted by Crippen LogP contribution is 2.39. The molecule has 2 rings (SSSR count). The molecule has 110 valence electrons. The van der Waals surface area contributed by atoms with Crippen LogP contribution in [0.3, 0.4) is 0 Å². The van der Waals surface area contributed by atoms with Crippen LogP contribution in [0.2, 0.25) is 18.1 Å². The molecule has 0 aromatic heterocycles. The standard InChI is InChI=1S/C14H27NO3Si/c1-14(2,3)19(4,5)18-12-6-8-15-11(10-12)7-9-17-13(15)16/h11-12H,6-10H2,1-5H3/t11-,12-/m0/s1. The van der Waals surface area contributed by atoms with Crippen LogP contribution in [0.15, 0.2) is 0 Å². The van der Waals surface area contributed by atoms with Gasteiger partial charge in [0.25, 0.3) is 0 Å². The molecule has 0 aromatic carbocycles. The van der Waals surface area contributed by atoms with Gasteiger partial charge in [-0.05, 0) is 31.0 Å². The highest BCUT2D eigenvalue weighted by atomic mass is 28.4. The van der Waals surface area contributed by atoms with Gasteiger partial charge in [-0.2, -0.15) is 0 Å². The van der Waals surface area contributed by atoms with Gasteiger partial charge in [-0.15, -0.1) is 0 Å². The second kappa shape index (κ2) is 5.09. The van der Waals surface area contributed by atoms with E-state index in [4.69, 9.17) is 9.16 Å². The number of hydrogen-bond donors (Lipinski definition) is 0. The Morgan fingerprint density at radius 3 is 2.63 bits per heavy atom. The van der Waals surface area contributed by atoms with Crippen LogP contribution in [0.1, 0.15) is 40.0 Å². The van der Waals surface area contributed by atoms with E-state index in [0.717, 1.165) is 25.8 Å². The lowest BCUT2D eigenvalue weighted by Gasteiger charge is -2.45. The van der Waals surface area contributed by atoms with E-state index in [1.54, 1.807) is 0 Å². The molecule has 0 unspecified atom stereocenters. The second-order valence-corrected chi connectivity index (χ2v) is 12.0. The largest absolute Gasteiger partial charge is 0.449 e. The van der Waals surface area contributed by atoms with Gasteiger partial charge in [0.2, 0.25) is 0 Å². The quantitative estimate of drug-likeness (QED) is 0.730. The Kier molecular flexibility index (Phi) is 3.98. The van der Waals surface area contributed by atoms with Gasteiger partial charge in [-0.3, -0.25) is 0 Å². The van der Waals surface area contributed by atoms with E-state index in [-0.39, 0.29) is 11.1 Å². The fourth-order valence-electron chi connectivity index (χ4n) is 2.59. The van der Waals surface area contributed by atoms with Gasteiger partial charge in [0.15, 0.2) is 8.32 Å². The predicted octanol–water partition coefficient (Wildman–Crippen LogP) is 3.38. The van der Waals surface area contributed by atoms with Crippen molar-refractivity contribution in [3.05, 3.63) is 0 Å². The Balaban J connectivity index is 1.96. The van der Waals surface area contributed by atoms with Crippen molar-refractivity contribution >= 4 is 14.4 Å². The van der Waals surface area contributed by atoms with Crippen LogP contribution in [-0.2, 0) is 9.16 Å². The van der Waals surface area contributed by atoms with Crippen LogP contribution in [0.25, 0.3) is 0 Å².